The second kappa shape index (κ2) is 7.04. The number of amides is 2. The molecule has 4 nitrogen and oxygen atoms in total. The molecule has 2 N–H and O–H groups in total. The van der Waals surface area contributed by atoms with Crippen molar-refractivity contribution in [2.45, 2.75) is 13.0 Å². The lowest BCUT2D eigenvalue weighted by atomic mass is 10.1. The first-order valence-corrected chi connectivity index (χ1v) is 6.97. The minimum absolute atomic E-state index is 0.100. The molecule has 0 saturated carbocycles. The topological polar surface area (TPSA) is 58.2 Å². The van der Waals surface area contributed by atoms with Gasteiger partial charge in [0.1, 0.15) is 5.82 Å². The Morgan fingerprint density at radius 1 is 1.09 bits per heavy atom. The monoisotopic (exact) mass is 320 g/mol. The molecule has 0 aliphatic rings. The number of anilines is 1. The van der Waals surface area contributed by atoms with E-state index in [9.17, 15) is 14.0 Å². The number of nitrogens with one attached hydrogen (secondary N) is 2. The molecule has 2 amide bonds. The molecular formula is C16H14ClFN2O2. The summed E-state index contributed by atoms with van der Waals surface area (Å²) >= 11 is 5.62. The zero-order valence-corrected chi connectivity index (χ0v) is 12.5. The SMILES string of the molecule is C[C@H](NC(=O)C(=O)Nc1ccc(Cl)cc1F)c1ccccc1. The highest BCUT2D eigenvalue weighted by atomic mass is 35.5. The van der Waals surface area contributed by atoms with E-state index >= 15 is 0 Å². The summed E-state index contributed by atoms with van der Waals surface area (Å²) in [5, 5.41) is 4.96. The van der Waals surface area contributed by atoms with Gasteiger partial charge in [-0.15, -0.1) is 0 Å². The third-order valence-electron chi connectivity index (χ3n) is 3.03. The largest absolute Gasteiger partial charge is 0.341 e. The van der Waals surface area contributed by atoms with Crippen molar-refractivity contribution in [2.75, 3.05) is 5.32 Å². The molecule has 0 fully saturated rings. The van der Waals surface area contributed by atoms with Gasteiger partial charge in [-0.1, -0.05) is 41.9 Å². The summed E-state index contributed by atoms with van der Waals surface area (Å²) in [7, 11) is 0. The number of carbonyl (C=O) groups excluding carboxylic acids is 2. The first kappa shape index (κ1) is 16.0. The van der Waals surface area contributed by atoms with Gasteiger partial charge >= 0.3 is 11.8 Å². The Bertz CT molecular complexity index is 692. The highest BCUT2D eigenvalue weighted by molar-refractivity contribution is 6.39. The van der Waals surface area contributed by atoms with E-state index in [1.165, 1.54) is 12.1 Å². The Labute approximate surface area is 132 Å². The fraction of sp³-hybridized carbons (Fsp3) is 0.125. The van der Waals surface area contributed by atoms with Crippen molar-refractivity contribution in [3.63, 3.8) is 0 Å². The molecule has 0 heterocycles. The minimum Gasteiger partial charge on any atom is -0.341 e. The van der Waals surface area contributed by atoms with Crippen LogP contribution >= 0.6 is 11.6 Å². The van der Waals surface area contributed by atoms with Crippen molar-refractivity contribution >= 4 is 29.1 Å². The molecule has 2 rings (SSSR count). The van der Waals surface area contributed by atoms with E-state index in [0.29, 0.717) is 0 Å². The van der Waals surface area contributed by atoms with Gasteiger partial charge in [-0.05, 0) is 30.7 Å². The molecule has 0 bridgehead atoms. The Balaban J connectivity index is 1.99. The highest BCUT2D eigenvalue weighted by Gasteiger charge is 2.18. The van der Waals surface area contributed by atoms with E-state index in [4.69, 9.17) is 11.6 Å². The first-order chi connectivity index (χ1) is 10.5. The van der Waals surface area contributed by atoms with Crippen molar-refractivity contribution in [3.8, 4) is 0 Å². The first-order valence-electron chi connectivity index (χ1n) is 6.59. The van der Waals surface area contributed by atoms with Gasteiger partial charge in [0.2, 0.25) is 0 Å². The summed E-state index contributed by atoms with van der Waals surface area (Å²) in [6, 6.07) is 12.6. The Morgan fingerprint density at radius 3 is 2.41 bits per heavy atom. The molecule has 2 aromatic carbocycles. The van der Waals surface area contributed by atoms with Crippen molar-refractivity contribution < 1.29 is 14.0 Å². The molecule has 0 unspecified atom stereocenters. The molecule has 22 heavy (non-hydrogen) atoms. The summed E-state index contributed by atoms with van der Waals surface area (Å²) in [6.45, 7) is 1.75. The lowest BCUT2D eigenvalue weighted by Crippen LogP contribution is -2.37. The third-order valence-corrected chi connectivity index (χ3v) is 3.27. The molecule has 0 aliphatic heterocycles. The maximum absolute atomic E-state index is 13.6. The lowest BCUT2D eigenvalue weighted by molar-refractivity contribution is -0.136. The van der Waals surface area contributed by atoms with Gasteiger partial charge < -0.3 is 10.6 Å². The zero-order valence-electron chi connectivity index (χ0n) is 11.8. The number of rotatable bonds is 3. The summed E-state index contributed by atoms with van der Waals surface area (Å²) in [5.74, 6) is -2.49. The van der Waals surface area contributed by atoms with E-state index in [0.717, 1.165) is 11.6 Å². The molecular weight excluding hydrogens is 307 g/mol. The minimum atomic E-state index is -0.941. The third kappa shape index (κ3) is 4.05. The normalized spacial score (nSPS) is 11.6. The van der Waals surface area contributed by atoms with Crippen molar-refractivity contribution in [3.05, 3.63) is 64.9 Å². The van der Waals surface area contributed by atoms with E-state index < -0.39 is 17.6 Å². The second-order valence-electron chi connectivity index (χ2n) is 4.68. The number of hydrogen-bond donors (Lipinski definition) is 2. The molecule has 2 aromatic rings. The van der Waals surface area contributed by atoms with Gasteiger partial charge in [0.25, 0.3) is 0 Å². The van der Waals surface area contributed by atoms with Gasteiger partial charge in [0.05, 0.1) is 11.7 Å². The average Bonchev–Trinajstić information content (AvgIpc) is 2.50. The molecule has 0 saturated heterocycles. The van der Waals surface area contributed by atoms with Crippen LogP contribution in [0.4, 0.5) is 10.1 Å². The van der Waals surface area contributed by atoms with Crippen LogP contribution in [0, 0.1) is 5.82 Å². The van der Waals surface area contributed by atoms with Crippen molar-refractivity contribution in [2.24, 2.45) is 0 Å². The zero-order chi connectivity index (χ0) is 16.1. The molecule has 1 atom stereocenters. The Kier molecular flexibility index (Phi) is 5.12. The predicted molar refractivity (Wildman–Crippen MR) is 83.0 cm³/mol. The number of carbonyl (C=O) groups is 2. The van der Waals surface area contributed by atoms with Crippen LogP contribution in [0.3, 0.4) is 0 Å². The molecule has 0 spiro atoms. The molecule has 0 aromatic heterocycles. The van der Waals surface area contributed by atoms with Crippen LogP contribution in [0.5, 0.6) is 0 Å². The van der Waals surface area contributed by atoms with Crippen molar-refractivity contribution in [1.29, 1.82) is 0 Å². The quantitative estimate of drug-likeness (QED) is 0.853. The van der Waals surface area contributed by atoms with E-state index in [-0.39, 0.29) is 16.8 Å². The summed E-state index contributed by atoms with van der Waals surface area (Å²) in [5.41, 5.74) is 0.762. The number of benzene rings is 2. The van der Waals surface area contributed by atoms with Crippen LogP contribution in [-0.2, 0) is 9.59 Å². The van der Waals surface area contributed by atoms with Crippen LogP contribution in [-0.4, -0.2) is 11.8 Å². The maximum atomic E-state index is 13.6. The van der Waals surface area contributed by atoms with E-state index in [2.05, 4.69) is 10.6 Å². The van der Waals surface area contributed by atoms with Crippen LogP contribution in [0.25, 0.3) is 0 Å². The van der Waals surface area contributed by atoms with Gasteiger partial charge in [-0.25, -0.2) is 4.39 Å². The molecule has 114 valence electrons. The second-order valence-corrected chi connectivity index (χ2v) is 5.12. The smallest absolute Gasteiger partial charge is 0.313 e. The lowest BCUT2D eigenvalue weighted by Gasteiger charge is -2.14. The predicted octanol–water partition coefficient (Wildman–Crippen LogP) is 3.30. The van der Waals surface area contributed by atoms with Gasteiger partial charge in [0.15, 0.2) is 0 Å². The Morgan fingerprint density at radius 2 is 1.77 bits per heavy atom. The summed E-state index contributed by atoms with van der Waals surface area (Å²) < 4.78 is 13.6. The van der Waals surface area contributed by atoms with Crippen molar-refractivity contribution in [1.82, 2.24) is 5.32 Å². The van der Waals surface area contributed by atoms with E-state index in [1.54, 1.807) is 6.92 Å². The number of halogens is 2. The van der Waals surface area contributed by atoms with Crippen LogP contribution in [0.1, 0.15) is 18.5 Å². The maximum Gasteiger partial charge on any atom is 0.313 e. The number of hydrogen-bond acceptors (Lipinski definition) is 2. The van der Waals surface area contributed by atoms with Crippen LogP contribution < -0.4 is 10.6 Å². The van der Waals surface area contributed by atoms with Gasteiger partial charge in [0, 0.05) is 5.02 Å². The molecule has 6 heteroatoms. The Hall–Kier alpha value is -2.40. The van der Waals surface area contributed by atoms with Crippen LogP contribution in [0.15, 0.2) is 48.5 Å². The fourth-order valence-corrected chi connectivity index (χ4v) is 2.02. The van der Waals surface area contributed by atoms with E-state index in [1.807, 2.05) is 30.3 Å². The van der Waals surface area contributed by atoms with Gasteiger partial charge in [-0.3, -0.25) is 9.59 Å². The van der Waals surface area contributed by atoms with Crippen LogP contribution in [0.2, 0.25) is 5.02 Å². The molecule has 0 aliphatic carbocycles. The highest BCUT2D eigenvalue weighted by Crippen LogP contribution is 2.19. The average molecular weight is 321 g/mol. The fourth-order valence-electron chi connectivity index (χ4n) is 1.86. The summed E-state index contributed by atoms with van der Waals surface area (Å²) in [4.78, 5) is 23.6. The van der Waals surface area contributed by atoms with Gasteiger partial charge in [-0.2, -0.15) is 0 Å². The molecule has 0 radical (unpaired) electrons. The standard InChI is InChI=1S/C16H14ClFN2O2/c1-10(11-5-3-2-4-6-11)19-15(21)16(22)20-14-8-7-12(17)9-13(14)18/h2-10H,1H3,(H,19,21)(H,20,22)/t10-/m0/s1. The summed E-state index contributed by atoms with van der Waals surface area (Å²) in [6.07, 6.45) is 0.